The summed E-state index contributed by atoms with van der Waals surface area (Å²) < 4.78 is 10.1. The zero-order valence-corrected chi connectivity index (χ0v) is 12.3. The van der Waals surface area contributed by atoms with Crippen LogP contribution in [0.1, 0.15) is 17.5 Å². The number of carbonyl (C=O) groups excluding carboxylic acids is 1. The first-order valence-corrected chi connectivity index (χ1v) is 7.11. The first kappa shape index (κ1) is 15.3. The largest absolute Gasteiger partial charge is 0.472 e. The normalized spacial score (nSPS) is 10.5. The van der Waals surface area contributed by atoms with E-state index in [9.17, 15) is 4.79 Å². The summed E-state index contributed by atoms with van der Waals surface area (Å²) in [6.45, 7) is 1.69. The van der Waals surface area contributed by atoms with Crippen LogP contribution >= 0.6 is 0 Å². The lowest BCUT2D eigenvalue weighted by Gasteiger charge is -2.21. The Morgan fingerprint density at radius 1 is 1.19 bits per heavy atom. The SMILES string of the molecule is COCCN(Cc1ccoc1)C(=O)CCc1ccccc1. The zero-order chi connectivity index (χ0) is 14.9. The Bertz CT molecular complexity index is 522. The number of ether oxygens (including phenoxy) is 1. The van der Waals surface area contributed by atoms with E-state index in [1.807, 2.05) is 41.3 Å². The van der Waals surface area contributed by atoms with Crippen molar-refractivity contribution < 1.29 is 13.9 Å². The van der Waals surface area contributed by atoms with Crippen LogP contribution in [0.4, 0.5) is 0 Å². The fourth-order valence-electron chi connectivity index (χ4n) is 2.15. The molecule has 2 aromatic rings. The molecular formula is C17H21NO3. The average Bonchev–Trinajstić information content (AvgIpc) is 3.03. The number of hydrogen-bond donors (Lipinski definition) is 0. The zero-order valence-electron chi connectivity index (χ0n) is 12.3. The lowest BCUT2D eigenvalue weighted by atomic mass is 10.1. The topological polar surface area (TPSA) is 42.7 Å². The molecular weight excluding hydrogens is 266 g/mol. The maximum absolute atomic E-state index is 12.4. The van der Waals surface area contributed by atoms with Gasteiger partial charge in [0, 0.05) is 32.2 Å². The van der Waals surface area contributed by atoms with Gasteiger partial charge in [0.05, 0.1) is 19.1 Å². The summed E-state index contributed by atoms with van der Waals surface area (Å²) in [6, 6.07) is 11.9. The van der Waals surface area contributed by atoms with Crippen LogP contribution in [-0.2, 0) is 22.5 Å². The van der Waals surface area contributed by atoms with Crippen LogP contribution in [0, 0.1) is 0 Å². The Kier molecular flexibility index (Phi) is 6.03. The average molecular weight is 287 g/mol. The van der Waals surface area contributed by atoms with Gasteiger partial charge in [-0.15, -0.1) is 0 Å². The maximum atomic E-state index is 12.4. The molecule has 0 fully saturated rings. The molecule has 0 saturated carbocycles. The summed E-state index contributed by atoms with van der Waals surface area (Å²) in [5.74, 6) is 0.136. The minimum atomic E-state index is 0.136. The van der Waals surface area contributed by atoms with Crippen molar-refractivity contribution in [3.63, 3.8) is 0 Å². The van der Waals surface area contributed by atoms with Crippen LogP contribution in [0.5, 0.6) is 0 Å². The van der Waals surface area contributed by atoms with Crippen molar-refractivity contribution in [2.75, 3.05) is 20.3 Å². The van der Waals surface area contributed by atoms with E-state index in [0.29, 0.717) is 26.1 Å². The molecule has 0 atom stereocenters. The van der Waals surface area contributed by atoms with E-state index < -0.39 is 0 Å². The van der Waals surface area contributed by atoms with Crippen LogP contribution in [-0.4, -0.2) is 31.1 Å². The highest BCUT2D eigenvalue weighted by atomic mass is 16.5. The fourth-order valence-corrected chi connectivity index (χ4v) is 2.15. The molecule has 0 radical (unpaired) electrons. The van der Waals surface area contributed by atoms with E-state index in [4.69, 9.17) is 9.15 Å². The van der Waals surface area contributed by atoms with Gasteiger partial charge in [0.2, 0.25) is 5.91 Å². The number of carbonyl (C=O) groups is 1. The molecule has 0 aliphatic rings. The van der Waals surface area contributed by atoms with E-state index in [1.54, 1.807) is 19.6 Å². The molecule has 0 unspecified atom stereocenters. The number of aryl methyl sites for hydroxylation is 1. The number of nitrogens with zero attached hydrogens (tertiary/aromatic N) is 1. The highest BCUT2D eigenvalue weighted by Crippen LogP contribution is 2.09. The maximum Gasteiger partial charge on any atom is 0.223 e. The number of amides is 1. The Morgan fingerprint density at radius 3 is 2.67 bits per heavy atom. The minimum Gasteiger partial charge on any atom is -0.472 e. The Labute approximate surface area is 125 Å². The van der Waals surface area contributed by atoms with Crippen molar-refractivity contribution in [1.82, 2.24) is 4.90 Å². The smallest absolute Gasteiger partial charge is 0.223 e. The summed E-state index contributed by atoms with van der Waals surface area (Å²) in [6.07, 6.45) is 4.56. The second-order valence-electron chi connectivity index (χ2n) is 4.93. The first-order valence-electron chi connectivity index (χ1n) is 7.11. The predicted molar refractivity (Wildman–Crippen MR) is 80.8 cm³/mol. The van der Waals surface area contributed by atoms with Crippen molar-refractivity contribution in [3.8, 4) is 0 Å². The molecule has 0 aliphatic heterocycles. The molecule has 2 rings (SSSR count). The van der Waals surface area contributed by atoms with E-state index in [-0.39, 0.29) is 5.91 Å². The number of benzene rings is 1. The number of methoxy groups -OCH3 is 1. The molecule has 0 saturated heterocycles. The third-order valence-electron chi connectivity index (χ3n) is 3.34. The van der Waals surface area contributed by atoms with Crippen molar-refractivity contribution in [2.24, 2.45) is 0 Å². The number of furan rings is 1. The van der Waals surface area contributed by atoms with Crippen LogP contribution in [0.15, 0.2) is 53.3 Å². The Morgan fingerprint density at radius 2 is 2.00 bits per heavy atom. The molecule has 0 aliphatic carbocycles. The molecule has 1 aromatic heterocycles. The molecule has 1 amide bonds. The molecule has 1 aromatic carbocycles. The lowest BCUT2D eigenvalue weighted by Crippen LogP contribution is -2.33. The fraction of sp³-hybridized carbons (Fsp3) is 0.353. The molecule has 1 heterocycles. The summed E-state index contributed by atoms with van der Waals surface area (Å²) >= 11 is 0. The van der Waals surface area contributed by atoms with Gasteiger partial charge < -0.3 is 14.1 Å². The third-order valence-corrected chi connectivity index (χ3v) is 3.34. The molecule has 112 valence electrons. The van der Waals surface area contributed by atoms with Gasteiger partial charge >= 0.3 is 0 Å². The van der Waals surface area contributed by atoms with Gasteiger partial charge in [-0.3, -0.25) is 4.79 Å². The van der Waals surface area contributed by atoms with E-state index in [0.717, 1.165) is 12.0 Å². The number of rotatable bonds is 8. The Hall–Kier alpha value is -2.07. The van der Waals surface area contributed by atoms with E-state index >= 15 is 0 Å². The standard InChI is InChI=1S/C17H21NO3/c1-20-12-10-18(13-16-9-11-21-14-16)17(19)8-7-15-5-3-2-4-6-15/h2-6,9,11,14H,7-8,10,12-13H2,1H3. The third kappa shape index (κ3) is 5.08. The predicted octanol–water partition coefficient (Wildman–Crippen LogP) is 2.89. The summed E-state index contributed by atoms with van der Waals surface area (Å²) in [7, 11) is 1.64. The first-order chi connectivity index (χ1) is 10.3. The second kappa shape index (κ2) is 8.27. The lowest BCUT2D eigenvalue weighted by molar-refractivity contribution is -0.132. The number of hydrogen-bond acceptors (Lipinski definition) is 3. The van der Waals surface area contributed by atoms with Gasteiger partial charge in [-0.2, -0.15) is 0 Å². The van der Waals surface area contributed by atoms with Crippen molar-refractivity contribution in [2.45, 2.75) is 19.4 Å². The van der Waals surface area contributed by atoms with Gasteiger partial charge in [-0.1, -0.05) is 30.3 Å². The summed E-state index contributed by atoms with van der Waals surface area (Å²) in [5, 5.41) is 0. The van der Waals surface area contributed by atoms with Gasteiger partial charge in [-0.05, 0) is 18.1 Å². The second-order valence-corrected chi connectivity index (χ2v) is 4.93. The van der Waals surface area contributed by atoms with Gasteiger partial charge in [0.1, 0.15) is 0 Å². The molecule has 21 heavy (non-hydrogen) atoms. The molecule has 4 heteroatoms. The minimum absolute atomic E-state index is 0.136. The quantitative estimate of drug-likeness (QED) is 0.749. The monoisotopic (exact) mass is 287 g/mol. The van der Waals surface area contributed by atoms with Crippen molar-refractivity contribution in [3.05, 3.63) is 60.1 Å². The summed E-state index contributed by atoms with van der Waals surface area (Å²) in [5.41, 5.74) is 2.18. The molecule has 4 nitrogen and oxygen atoms in total. The van der Waals surface area contributed by atoms with Crippen molar-refractivity contribution in [1.29, 1.82) is 0 Å². The van der Waals surface area contributed by atoms with E-state index in [1.165, 1.54) is 5.56 Å². The van der Waals surface area contributed by atoms with Gasteiger partial charge in [0.25, 0.3) is 0 Å². The van der Waals surface area contributed by atoms with Crippen LogP contribution in [0.2, 0.25) is 0 Å². The molecule has 0 N–H and O–H groups in total. The highest BCUT2D eigenvalue weighted by molar-refractivity contribution is 5.76. The van der Waals surface area contributed by atoms with E-state index in [2.05, 4.69) is 0 Å². The van der Waals surface area contributed by atoms with Gasteiger partial charge in [0.15, 0.2) is 0 Å². The Balaban J connectivity index is 1.90. The van der Waals surface area contributed by atoms with Crippen molar-refractivity contribution >= 4 is 5.91 Å². The van der Waals surface area contributed by atoms with Crippen LogP contribution in [0.25, 0.3) is 0 Å². The molecule has 0 bridgehead atoms. The van der Waals surface area contributed by atoms with Gasteiger partial charge in [-0.25, -0.2) is 0 Å². The van der Waals surface area contributed by atoms with Crippen LogP contribution < -0.4 is 0 Å². The highest BCUT2D eigenvalue weighted by Gasteiger charge is 2.14. The van der Waals surface area contributed by atoms with Crippen LogP contribution in [0.3, 0.4) is 0 Å². The summed E-state index contributed by atoms with van der Waals surface area (Å²) in [4.78, 5) is 14.2. The molecule has 0 spiro atoms.